The van der Waals surface area contributed by atoms with Crippen LogP contribution in [0.2, 0.25) is 0 Å². The highest BCUT2D eigenvalue weighted by atomic mass is 31.1. The predicted octanol–water partition coefficient (Wildman–Crippen LogP) is 2.91. The number of aryl methyl sites for hydroxylation is 3. The third-order valence-corrected chi connectivity index (χ3v) is 6.72. The molecule has 3 rings (SSSR count). The molecule has 3 heterocycles. The molecule has 3 aromatic rings. The average Bonchev–Trinajstić information content (AvgIpc) is 3.28. The minimum atomic E-state index is -0.526. The average molecular weight is 313 g/mol. The third kappa shape index (κ3) is 2.55. The van der Waals surface area contributed by atoms with E-state index in [1.54, 1.807) is 0 Å². The molecule has 4 heteroatoms. The zero-order chi connectivity index (χ0) is 15.5. The van der Waals surface area contributed by atoms with Crippen molar-refractivity contribution in [2.45, 2.75) is 40.4 Å². The second-order valence-electron chi connectivity index (χ2n) is 5.29. The summed E-state index contributed by atoms with van der Waals surface area (Å²) in [5.41, 5.74) is 4.29. The molecule has 0 amide bonds. The lowest BCUT2D eigenvalue weighted by molar-refractivity contribution is 0.779. The zero-order valence-corrected chi connectivity index (χ0v) is 14.5. The molecule has 0 fully saturated rings. The monoisotopic (exact) mass is 313 g/mol. The van der Waals surface area contributed by atoms with Crippen LogP contribution in [0.15, 0.2) is 55.0 Å². The van der Waals surface area contributed by atoms with Gasteiger partial charge < -0.3 is 13.7 Å². The molecule has 3 nitrogen and oxygen atoms in total. The lowest BCUT2D eigenvalue weighted by atomic mass is 10.7. The third-order valence-electron chi connectivity index (χ3n) is 4.13. The molecular weight excluding hydrogens is 289 g/mol. The van der Waals surface area contributed by atoms with Crippen LogP contribution in [0.1, 0.15) is 20.8 Å². The van der Waals surface area contributed by atoms with Gasteiger partial charge in [0.25, 0.3) is 0 Å². The molecule has 0 atom stereocenters. The molecule has 0 saturated heterocycles. The van der Waals surface area contributed by atoms with Gasteiger partial charge in [-0.05, 0) is 57.2 Å². The molecule has 0 radical (unpaired) electrons. The van der Waals surface area contributed by atoms with Gasteiger partial charge in [-0.25, -0.2) is 0 Å². The molecule has 0 aliphatic carbocycles. The fourth-order valence-corrected chi connectivity index (χ4v) is 5.78. The number of nitrogens with zero attached hydrogens (tertiary/aromatic N) is 3. The van der Waals surface area contributed by atoms with Gasteiger partial charge in [0, 0.05) is 46.1 Å². The van der Waals surface area contributed by atoms with Crippen LogP contribution in [0.4, 0.5) is 0 Å². The van der Waals surface area contributed by atoms with Crippen molar-refractivity contribution < 1.29 is 0 Å². The summed E-state index contributed by atoms with van der Waals surface area (Å²) in [6.07, 6.45) is 6.59. The van der Waals surface area contributed by atoms with Gasteiger partial charge in [-0.15, -0.1) is 0 Å². The topological polar surface area (TPSA) is 14.8 Å². The first-order chi connectivity index (χ1) is 10.8. The van der Waals surface area contributed by atoms with Gasteiger partial charge in [0.15, 0.2) is 0 Å². The summed E-state index contributed by atoms with van der Waals surface area (Å²) in [4.78, 5) is 0. The maximum Gasteiger partial charge on any atom is 0.0532 e. The summed E-state index contributed by atoms with van der Waals surface area (Å²) >= 11 is 0. The van der Waals surface area contributed by atoms with Gasteiger partial charge in [-0.1, -0.05) is 0 Å². The van der Waals surface area contributed by atoms with E-state index in [1.807, 2.05) is 0 Å². The van der Waals surface area contributed by atoms with Crippen molar-refractivity contribution >= 4 is 24.2 Å². The first-order valence-corrected chi connectivity index (χ1v) is 9.39. The van der Waals surface area contributed by atoms with Gasteiger partial charge in [0.1, 0.15) is 0 Å². The van der Waals surface area contributed by atoms with Crippen molar-refractivity contribution in [2.24, 2.45) is 0 Å². The Kier molecular flexibility index (Phi) is 4.54. The second-order valence-corrected chi connectivity index (χ2v) is 7.34. The number of rotatable bonds is 6. The maximum atomic E-state index is 2.38. The van der Waals surface area contributed by atoms with Crippen LogP contribution in [0.25, 0.3) is 0 Å². The molecule has 116 valence electrons. The summed E-state index contributed by atoms with van der Waals surface area (Å²) < 4.78 is 7.14. The van der Waals surface area contributed by atoms with Crippen molar-refractivity contribution in [3.05, 3.63) is 55.0 Å². The first-order valence-electron chi connectivity index (χ1n) is 8.05. The van der Waals surface area contributed by atoms with Crippen LogP contribution in [0.3, 0.4) is 0 Å². The second kappa shape index (κ2) is 6.58. The van der Waals surface area contributed by atoms with Crippen molar-refractivity contribution in [1.29, 1.82) is 0 Å². The van der Waals surface area contributed by atoms with Crippen LogP contribution < -0.4 is 16.3 Å². The molecular formula is C18H24N3P. The molecule has 0 aliphatic heterocycles. The lowest BCUT2D eigenvalue weighted by Crippen LogP contribution is -2.32. The van der Waals surface area contributed by atoms with E-state index in [0.29, 0.717) is 0 Å². The van der Waals surface area contributed by atoms with E-state index in [0.717, 1.165) is 19.6 Å². The Morgan fingerprint density at radius 2 is 0.955 bits per heavy atom. The summed E-state index contributed by atoms with van der Waals surface area (Å²) in [5.74, 6) is 0. The minimum Gasteiger partial charge on any atom is -0.347 e. The number of hydrogen-bond donors (Lipinski definition) is 0. The van der Waals surface area contributed by atoms with Crippen LogP contribution in [0, 0.1) is 0 Å². The first kappa shape index (κ1) is 15.2. The maximum absolute atomic E-state index is 2.38. The normalized spacial score (nSPS) is 11.5. The molecule has 0 unspecified atom stereocenters. The fraction of sp³-hybridized carbons (Fsp3) is 0.333. The molecule has 0 aromatic carbocycles. The lowest BCUT2D eigenvalue weighted by Gasteiger charge is -2.23. The molecule has 22 heavy (non-hydrogen) atoms. The highest BCUT2D eigenvalue weighted by Crippen LogP contribution is 2.33. The molecule has 0 aliphatic rings. The van der Waals surface area contributed by atoms with E-state index in [2.05, 4.69) is 89.5 Å². The Morgan fingerprint density at radius 3 is 1.23 bits per heavy atom. The van der Waals surface area contributed by atoms with Crippen LogP contribution >= 0.6 is 7.92 Å². The summed E-state index contributed by atoms with van der Waals surface area (Å²) in [5, 5.41) is 0. The summed E-state index contributed by atoms with van der Waals surface area (Å²) in [6.45, 7) is 9.70. The quantitative estimate of drug-likeness (QED) is 0.622. The Morgan fingerprint density at radius 1 is 0.636 bits per heavy atom. The molecule has 0 spiro atoms. The highest BCUT2D eigenvalue weighted by Gasteiger charge is 2.24. The smallest absolute Gasteiger partial charge is 0.0532 e. The van der Waals surface area contributed by atoms with E-state index in [1.165, 1.54) is 16.3 Å². The van der Waals surface area contributed by atoms with E-state index in [-0.39, 0.29) is 0 Å². The van der Waals surface area contributed by atoms with Crippen molar-refractivity contribution in [3.63, 3.8) is 0 Å². The SMILES string of the molecule is CCn1cccc1P(c1cccn1CC)c1cccn1CC. The van der Waals surface area contributed by atoms with E-state index < -0.39 is 7.92 Å². The van der Waals surface area contributed by atoms with Crippen LogP contribution in [-0.2, 0) is 19.6 Å². The molecule has 0 saturated carbocycles. The van der Waals surface area contributed by atoms with Crippen LogP contribution in [0.5, 0.6) is 0 Å². The highest BCUT2D eigenvalue weighted by molar-refractivity contribution is 7.79. The predicted molar refractivity (Wildman–Crippen MR) is 96.1 cm³/mol. The van der Waals surface area contributed by atoms with Crippen molar-refractivity contribution in [3.8, 4) is 0 Å². The van der Waals surface area contributed by atoms with Gasteiger partial charge in [-0.2, -0.15) is 0 Å². The van der Waals surface area contributed by atoms with Gasteiger partial charge in [-0.3, -0.25) is 0 Å². The zero-order valence-electron chi connectivity index (χ0n) is 13.6. The fourth-order valence-electron chi connectivity index (χ4n) is 2.98. The van der Waals surface area contributed by atoms with Crippen molar-refractivity contribution in [2.75, 3.05) is 0 Å². The summed E-state index contributed by atoms with van der Waals surface area (Å²) in [6, 6.07) is 13.4. The Labute approximate surface area is 133 Å². The standard InChI is InChI=1S/C18H24N3P/c1-4-19-13-7-10-16(19)22(17-11-8-14-20(17)5-2)18-12-9-15-21(18)6-3/h7-15H,4-6H2,1-3H3. The molecule has 0 N–H and O–H groups in total. The van der Waals surface area contributed by atoms with Crippen LogP contribution in [-0.4, -0.2) is 13.7 Å². The van der Waals surface area contributed by atoms with E-state index in [4.69, 9.17) is 0 Å². The summed E-state index contributed by atoms with van der Waals surface area (Å²) in [7, 11) is -0.526. The Balaban J connectivity index is 2.19. The Hall–Kier alpha value is -1.73. The number of hydrogen-bond acceptors (Lipinski definition) is 0. The largest absolute Gasteiger partial charge is 0.347 e. The minimum absolute atomic E-state index is 0.526. The molecule has 3 aromatic heterocycles. The Bertz CT molecular complexity index is 634. The van der Waals surface area contributed by atoms with Gasteiger partial charge >= 0.3 is 0 Å². The van der Waals surface area contributed by atoms with Gasteiger partial charge in [0.2, 0.25) is 0 Å². The van der Waals surface area contributed by atoms with Crippen molar-refractivity contribution in [1.82, 2.24) is 13.7 Å². The number of aromatic nitrogens is 3. The van der Waals surface area contributed by atoms with E-state index >= 15 is 0 Å². The van der Waals surface area contributed by atoms with E-state index in [9.17, 15) is 0 Å². The van der Waals surface area contributed by atoms with Gasteiger partial charge in [0.05, 0.1) is 16.3 Å². The molecule has 0 bridgehead atoms.